The van der Waals surface area contributed by atoms with Gasteiger partial charge in [0.1, 0.15) is 11.4 Å². The van der Waals surface area contributed by atoms with Crippen molar-refractivity contribution < 1.29 is 14.3 Å². The van der Waals surface area contributed by atoms with Gasteiger partial charge in [0.25, 0.3) is 5.56 Å². The Balaban J connectivity index is 2.19. The number of nitrogens with zero attached hydrogens (tertiary/aromatic N) is 1. The zero-order chi connectivity index (χ0) is 13.0. The highest BCUT2D eigenvalue weighted by molar-refractivity contribution is 5.88. The standard InChI is InChI=1S/C12H16N2O4/c1-2-18-12(16)9-6-13-10(14-11(9)15)8-4-3-5-17-7-8/h6,8H,2-5,7H2,1H3,(H,13,14,15). The predicted molar refractivity (Wildman–Crippen MR) is 63.6 cm³/mol. The molecule has 1 aromatic rings. The summed E-state index contributed by atoms with van der Waals surface area (Å²) in [7, 11) is 0. The van der Waals surface area contributed by atoms with Gasteiger partial charge >= 0.3 is 5.97 Å². The largest absolute Gasteiger partial charge is 0.462 e. The number of esters is 1. The van der Waals surface area contributed by atoms with E-state index in [4.69, 9.17) is 9.47 Å². The molecule has 2 rings (SSSR count). The molecular weight excluding hydrogens is 236 g/mol. The average Bonchev–Trinajstić information content (AvgIpc) is 2.40. The molecule has 0 saturated carbocycles. The molecule has 1 atom stereocenters. The van der Waals surface area contributed by atoms with Crippen LogP contribution in [-0.4, -0.2) is 35.8 Å². The summed E-state index contributed by atoms with van der Waals surface area (Å²) in [6, 6.07) is 0. The van der Waals surface area contributed by atoms with Gasteiger partial charge in [-0.1, -0.05) is 0 Å². The van der Waals surface area contributed by atoms with Gasteiger partial charge in [-0.05, 0) is 19.8 Å². The second-order valence-corrected chi connectivity index (χ2v) is 4.15. The Morgan fingerprint density at radius 1 is 1.67 bits per heavy atom. The van der Waals surface area contributed by atoms with Crippen LogP contribution < -0.4 is 5.56 Å². The molecule has 2 heterocycles. The Hall–Kier alpha value is -1.69. The summed E-state index contributed by atoms with van der Waals surface area (Å²) in [6.07, 6.45) is 3.16. The summed E-state index contributed by atoms with van der Waals surface area (Å²) in [5, 5.41) is 0. The molecule has 1 aliphatic heterocycles. The lowest BCUT2D eigenvalue weighted by molar-refractivity contribution is 0.0523. The van der Waals surface area contributed by atoms with Crippen molar-refractivity contribution in [2.45, 2.75) is 25.7 Å². The summed E-state index contributed by atoms with van der Waals surface area (Å²) in [5.41, 5.74) is -0.513. The molecule has 18 heavy (non-hydrogen) atoms. The smallest absolute Gasteiger partial charge is 0.345 e. The van der Waals surface area contributed by atoms with Crippen LogP contribution in [0.3, 0.4) is 0 Å². The van der Waals surface area contributed by atoms with Gasteiger partial charge in [0.15, 0.2) is 0 Å². The van der Waals surface area contributed by atoms with Crippen molar-refractivity contribution in [1.29, 1.82) is 0 Å². The maximum atomic E-state index is 11.8. The van der Waals surface area contributed by atoms with Crippen LogP contribution in [0, 0.1) is 0 Å². The Morgan fingerprint density at radius 2 is 2.50 bits per heavy atom. The first-order chi connectivity index (χ1) is 8.72. The third-order valence-electron chi connectivity index (χ3n) is 2.86. The first kappa shape index (κ1) is 12.8. The van der Waals surface area contributed by atoms with Gasteiger partial charge < -0.3 is 14.5 Å². The molecule has 0 aliphatic carbocycles. The first-order valence-corrected chi connectivity index (χ1v) is 6.06. The second kappa shape index (κ2) is 5.77. The second-order valence-electron chi connectivity index (χ2n) is 4.15. The van der Waals surface area contributed by atoms with E-state index in [2.05, 4.69) is 9.97 Å². The van der Waals surface area contributed by atoms with E-state index in [1.165, 1.54) is 6.20 Å². The number of hydrogen-bond donors (Lipinski definition) is 1. The lowest BCUT2D eigenvalue weighted by Gasteiger charge is -2.20. The minimum atomic E-state index is -0.641. The number of carbonyl (C=O) groups excluding carboxylic acids is 1. The number of ether oxygens (including phenoxy) is 2. The van der Waals surface area contributed by atoms with E-state index in [0.29, 0.717) is 12.4 Å². The van der Waals surface area contributed by atoms with Crippen LogP contribution in [0.25, 0.3) is 0 Å². The Kier molecular flexibility index (Phi) is 4.09. The first-order valence-electron chi connectivity index (χ1n) is 6.06. The van der Waals surface area contributed by atoms with E-state index in [9.17, 15) is 9.59 Å². The van der Waals surface area contributed by atoms with Crippen LogP contribution in [-0.2, 0) is 9.47 Å². The zero-order valence-corrected chi connectivity index (χ0v) is 10.3. The van der Waals surface area contributed by atoms with Gasteiger partial charge in [-0.25, -0.2) is 9.78 Å². The Morgan fingerprint density at radius 3 is 3.11 bits per heavy atom. The Bertz CT molecular complexity index is 477. The molecule has 1 N–H and O–H groups in total. The maximum Gasteiger partial charge on any atom is 0.345 e. The highest BCUT2D eigenvalue weighted by Crippen LogP contribution is 2.21. The van der Waals surface area contributed by atoms with E-state index in [-0.39, 0.29) is 18.1 Å². The number of hydrogen-bond acceptors (Lipinski definition) is 5. The highest BCUT2D eigenvalue weighted by atomic mass is 16.5. The summed E-state index contributed by atoms with van der Waals surface area (Å²) in [6.45, 7) is 3.23. The molecule has 6 heteroatoms. The molecule has 0 spiro atoms. The molecule has 1 unspecified atom stereocenters. The van der Waals surface area contributed by atoms with E-state index >= 15 is 0 Å². The number of aromatic amines is 1. The van der Waals surface area contributed by atoms with Crippen LogP contribution in [0.1, 0.15) is 41.9 Å². The van der Waals surface area contributed by atoms with Crippen LogP contribution >= 0.6 is 0 Å². The van der Waals surface area contributed by atoms with Crippen molar-refractivity contribution in [3.63, 3.8) is 0 Å². The average molecular weight is 252 g/mol. The molecule has 1 fully saturated rings. The van der Waals surface area contributed by atoms with Crippen LogP contribution in [0.2, 0.25) is 0 Å². The number of H-pyrrole nitrogens is 1. The summed E-state index contributed by atoms with van der Waals surface area (Å²) < 4.78 is 10.1. The van der Waals surface area contributed by atoms with E-state index in [0.717, 1.165) is 19.4 Å². The normalized spacial score (nSPS) is 19.5. The third-order valence-corrected chi connectivity index (χ3v) is 2.86. The molecule has 6 nitrogen and oxygen atoms in total. The number of nitrogens with one attached hydrogen (secondary N) is 1. The summed E-state index contributed by atoms with van der Waals surface area (Å²) in [4.78, 5) is 30.0. The van der Waals surface area contributed by atoms with Gasteiger partial charge in [0, 0.05) is 18.7 Å². The predicted octanol–water partition coefficient (Wildman–Crippen LogP) is 0.841. The molecule has 98 valence electrons. The number of aromatic nitrogens is 2. The highest BCUT2D eigenvalue weighted by Gasteiger charge is 2.20. The lowest BCUT2D eigenvalue weighted by Crippen LogP contribution is -2.25. The third kappa shape index (κ3) is 2.76. The molecule has 1 aliphatic rings. The molecule has 1 saturated heterocycles. The van der Waals surface area contributed by atoms with Crippen molar-refractivity contribution in [2.75, 3.05) is 19.8 Å². The molecule has 1 aromatic heterocycles. The molecule has 0 bridgehead atoms. The van der Waals surface area contributed by atoms with E-state index in [1.54, 1.807) is 6.92 Å². The monoisotopic (exact) mass is 252 g/mol. The fourth-order valence-electron chi connectivity index (χ4n) is 1.93. The molecule has 0 amide bonds. The fourth-order valence-corrected chi connectivity index (χ4v) is 1.93. The van der Waals surface area contributed by atoms with Gasteiger partial charge in [-0.2, -0.15) is 0 Å². The minimum Gasteiger partial charge on any atom is -0.462 e. The van der Waals surface area contributed by atoms with Crippen molar-refractivity contribution in [1.82, 2.24) is 9.97 Å². The van der Waals surface area contributed by atoms with Crippen molar-refractivity contribution in [3.05, 3.63) is 27.9 Å². The van der Waals surface area contributed by atoms with Crippen LogP contribution in [0.5, 0.6) is 0 Å². The topological polar surface area (TPSA) is 81.3 Å². The summed E-state index contributed by atoms with van der Waals surface area (Å²) in [5.74, 6) is 0.0353. The van der Waals surface area contributed by atoms with Crippen molar-refractivity contribution in [3.8, 4) is 0 Å². The van der Waals surface area contributed by atoms with Gasteiger partial charge in [0.05, 0.1) is 13.2 Å². The zero-order valence-electron chi connectivity index (χ0n) is 10.3. The SMILES string of the molecule is CCOC(=O)c1cnc(C2CCCOC2)[nH]c1=O. The van der Waals surface area contributed by atoms with Crippen molar-refractivity contribution >= 4 is 5.97 Å². The Labute approximate surface area is 104 Å². The summed E-state index contributed by atoms with van der Waals surface area (Å²) >= 11 is 0. The van der Waals surface area contributed by atoms with Gasteiger partial charge in [-0.3, -0.25) is 4.79 Å². The molecular formula is C12H16N2O4. The van der Waals surface area contributed by atoms with Gasteiger partial charge in [-0.15, -0.1) is 0 Å². The number of carbonyl (C=O) groups is 1. The molecule has 0 aromatic carbocycles. The van der Waals surface area contributed by atoms with Crippen molar-refractivity contribution in [2.24, 2.45) is 0 Å². The number of rotatable bonds is 3. The maximum absolute atomic E-state index is 11.8. The van der Waals surface area contributed by atoms with Gasteiger partial charge in [0.2, 0.25) is 0 Å². The van der Waals surface area contributed by atoms with E-state index in [1.807, 2.05) is 0 Å². The van der Waals surface area contributed by atoms with Crippen LogP contribution in [0.4, 0.5) is 0 Å². The lowest BCUT2D eigenvalue weighted by atomic mass is 10.0. The molecule has 0 radical (unpaired) electrons. The fraction of sp³-hybridized carbons (Fsp3) is 0.583. The minimum absolute atomic E-state index is 0.0580. The van der Waals surface area contributed by atoms with E-state index < -0.39 is 11.5 Å². The van der Waals surface area contributed by atoms with Crippen LogP contribution in [0.15, 0.2) is 11.0 Å². The quantitative estimate of drug-likeness (QED) is 0.806.